The molecule has 0 spiro atoms. The number of hydrogen-bond donors (Lipinski definition) is 1. The highest BCUT2D eigenvalue weighted by Crippen LogP contribution is 2.25. The molecule has 1 amide bonds. The molecule has 0 radical (unpaired) electrons. The first-order valence-electron chi connectivity index (χ1n) is 8.20. The number of anilines is 1. The van der Waals surface area contributed by atoms with Crippen molar-refractivity contribution in [3.8, 4) is 11.5 Å². The molecule has 0 unspecified atom stereocenters. The minimum Gasteiger partial charge on any atom is -0.494 e. The van der Waals surface area contributed by atoms with Gasteiger partial charge in [-0.2, -0.15) is 0 Å². The molecule has 6 nitrogen and oxygen atoms in total. The summed E-state index contributed by atoms with van der Waals surface area (Å²) >= 11 is 11.9. The SMILES string of the molecule is CCOc1ccc(OCC(=O)O[C@H](C)C(=O)Nc2cc(Cl)ccc2Cl)cc1. The van der Waals surface area contributed by atoms with Gasteiger partial charge in [-0.05, 0) is 56.3 Å². The largest absolute Gasteiger partial charge is 0.494 e. The lowest BCUT2D eigenvalue weighted by molar-refractivity contribution is -0.155. The molecule has 0 saturated carbocycles. The van der Waals surface area contributed by atoms with E-state index in [9.17, 15) is 9.59 Å². The molecule has 2 rings (SSSR count). The van der Waals surface area contributed by atoms with E-state index in [-0.39, 0.29) is 6.61 Å². The van der Waals surface area contributed by atoms with Gasteiger partial charge in [0.1, 0.15) is 11.5 Å². The fourth-order valence-corrected chi connectivity index (χ4v) is 2.39. The van der Waals surface area contributed by atoms with Gasteiger partial charge in [0.2, 0.25) is 0 Å². The molecule has 8 heteroatoms. The minimum absolute atomic E-state index is 0.324. The summed E-state index contributed by atoms with van der Waals surface area (Å²) in [4.78, 5) is 24.0. The molecular weight excluding hydrogens is 393 g/mol. The summed E-state index contributed by atoms with van der Waals surface area (Å²) < 4.78 is 15.7. The van der Waals surface area contributed by atoms with Gasteiger partial charge in [-0.3, -0.25) is 4.79 Å². The van der Waals surface area contributed by atoms with Crippen LogP contribution in [0.3, 0.4) is 0 Å². The Kier molecular flexibility index (Phi) is 7.76. The van der Waals surface area contributed by atoms with E-state index in [4.69, 9.17) is 37.4 Å². The van der Waals surface area contributed by atoms with E-state index in [0.717, 1.165) is 0 Å². The van der Waals surface area contributed by atoms with Crippen LogP contribution in [0.1, 0.15) is 13.8 Å². The van der Waals surface area contributed by atoms with Gasteiger partial charge in [0.25, 0.3) is 5.91 Å². The molecule has 0 saturated heterocycles. The van der Waals surface area contributed by atoms with Crippen LogP contribution in [-0.4, -0.2) is 31.2 Å². The molecule has 144 valence electrons. The first-order valence-corrected chi connectivity index (χ1v) is 8.95. The zero-order chi connectivity index (χ0) is 19.8. The van der Waals surface area contributed by atoms with Crippen molar-refractivity contribution in [3.63, 3.8) is 0 Å². The Morgan fingerprint density at radius 3 is 2.30 bits per heavy atom. The third-order valence-electron chi connectivity index (χ3n) is 3.36. The van der Waals surface area contributed by atoms with E-state index in [0.29, 0.717) is 33.8 Å². The fourth-order valence-electron chi connectivity index (χ4n) is 2.05. The number of carbonyl (C=O) groups is 2. The monoisotopic (exact) mass is 411 g/mol. The Balaban J connectivity index is 1.82. The second-order valence-corrected chi connectivity index (χ2v) is 6.28. The van der Waals surface area contributed by atoms with E-state index < -0.39 is 18.0 Å². The Morgan fingerprint density at radius 1 is 1.04 bits per heavy atom. The summed E-state index contributed by atoms with van der Waals surface area (Å²) in [6, 6.07) is 11.5. The molecular formula is C19H19Cl2NO5. The fraction of sp³-hybridized carbons (Fsp3) is 0.263. The second-order valence-electron chi connectivity index (χ2n) is 5.44. The summed E-state index contributed by atoms with van der Waals surface area (Å²) in [6.07, 6.45) is -1.03. The molecule has 1 N–H and O–H groups in total. The second kappa shape index (κ2) is 10.0. The van der Waals surface area contributed by atoms with E-state index in [1.54, 1.807) is 36.4 Å². The van der Waals surface area contributed by atoms with Crippen LogP contribution < -0.4 is 14.8 Å². The number of nitrogens with one attached hydrogen (secondary N) is 1. The van der Waals surface area contributed by atoms with Crippen LogP contribution >= 0.6 is 23.2 Å². The van der Waals surface area contributed by atoms with E-state index in [2.05, 4.69) is 5.32 Å². The van der Waals surface area contributed by atoms with Crippen LogP contribution in [-0.2, 0) is 14.3 Å². The summed E-state index contributed by atoms with van der Waals surface area (Å²) in [7, 11) is 0. The van der Waals surface area contributed by atoms with Gasteiger partial charge in [-0.25, -0.2) is 4.79 Å². The highest BCUT2D eigenvalue weighted by atomic mass is 35.5. The number of esters is 1. The van der Waals surface area contributed by atoms with Gasteiger partial charge < -0.3 is 19.5 Å². The topological polar surface area (TPSA) is 73.9 Å². The van der Waals surface area contributed by atoms with Crippen molar-refractivity contribution in [3.05, 3.63) is 52.5 Å². The average molecular weight is 412 g/mol. The van der Waals surface area contributed by atoms with Crippen LogP contribution in [0.15, 0.2) is 42.5 Å². The summed E-state index contributed by atoms with van der Waals surface area (Å²) in [5.41, 5.74) is 0.336. The Bertz CT molecular complexity index is 795. The quantitative estimate of drug-likeness (QED) is 0.653. The standard InChI is InChI=1S/C19H19Cl2NO5/c1-3-25-14-5-7-15(8-6-14)26-11-18(23)27-12(2)19(24)22-17-10-13(20)4-9-16(17)21/h4-10,12H,3,11H2,1-2H3,(H,22,24)/t12-/m1/s1. The van der Waals surface area contributed by atoms with Gasteiger partial charge >= 0.3 is 5.97 Å². The molecule has 0 aliphatic heterocycles. The van der Waals surface area contributed by atoms with Crippen molar-refractivity contribution >= 4 is 40.8 Å². The van der Waals surface area contributed by atoms with E-state index in [1.165, 1.54) is 13.0 Å². The van der Waals surface area contributed by atoms with Crippen molar-refractivity contribution in [2.24, 2.45) is 0 Å². The molecule has 1 atom stereocenters. The van der Waals surface area contributed by atoms with Crippen molar-refractivity contribution in [2.75, 3.05) is 18.5 Å². The molecule has 2 aromatic carbocycles. The molecule has 2 aromatic rings. The van der Waals surface area contributed by atoms with Crippen LogP contribution in [0.5, 0.6) is 11.5 Å². The van der Waals surface area contributed by atoms with Gasteiger partial charge in [0.05, 0.1) is 17.3 Å². The number of benzene rings is 2. The molecule has 0 heterocycles. The van der Waals surface area contributed by atoms with Crippen molar-refractivity contribution in [2.45, 2.75) is 20.0 Å². The Morgan fingerprint density at radius 2 is 1.67 bits per heavy atom. The van der Waals surface area contributed by atoms with Gasteiger partial charge in [-0.1, -0.05) is 23.2 Å². The molecule has 0 aliphatic carbocycles. The summed E-state index contributed by atoms with van der Waals surface area (Å²) in [5.74, 6) is -0.0204. The van der Waals surface area contributed by atoms with Crippen LogP contribution in [0.2, 0.25) is 10.0 Å². The maximum atomic E-state index is 12.1. The maximum Gasteiger partial charge on any atom is 0.344 e. The lowest BCUT2D eigenvalue weighted by atomic mass is 10.3. The molecule has 0 aliphatic rings. The molecule has 0 bridgehead atoms. The van der Waals surface area contributed by atoms with Crippen LogP contribution in [0.4, 0.5) is 5.69 Å². The highest BCUT2D eigenvalue weighted by molar-refractivity contribution is 6.35. The third-order valence-corrected chi connectivity index (χ3v) is 3.92. The highest BCUT2D eigenvalue weighted by Gasteiger charge is 2.19. The predicted octanol–water partition coefficient (Wildman–Crippen LogP) is 4.34. The lowest BCUT2D eigenvalue weighted by Crippen LogP contribution is -2.31. The number of rotatable bonds is 8. The minimum atomic E-state index is -1.03. The predicted molar refractivity (Wildman–Crippen MR) is 104 cm³/mol. The third kappa shape index (κ3) is 6.66. The normalized spacial score (nSPS) is 11.4. The molecule has 27 heavy (non-hydrogen) atoms. The lowest BCUT2D eigenvalue weighted by Gasteiger charge is -2.15. The number of halogens is 2. The number of carbonyl (C=O) groups excluding carboxylic acids is 2. The Hall–Kier alpha value is -2.44. The smallest absolute Gasteiger partial charge is 0.344 e. The number of amides is 1. The van der Waals surface area contributed by atoms with E-state index >= 15 is 0 Å². The maximum absolute atomic E-state index is 12.1. The zero-order valence-corrected chi connectivity index (χ0v) is 16.3. The first kappa shape index (κ1) is 20.9. The van der Waals surface area contributed by atoms with Gasteiger partial charge in [0.15, 0.2) is 12.7 Å². The van der Waals surface area contributed by atoms with Crippen LogP contribution in [0, 0.1) is 0 Å². The van der Waals surface area contributed by atoms with Gasteiger partial charge in [-0.15, -0.1) is 0 Å². The Labute approximate surface area is 167 Å². The van der Waals surface area contributed by atoms with Crippen molar-refractivity contribution in [1.82, 2.24) is 0 Å². The molecule has 0 fully saturated rings. The number of ether oxygens (including phenoxy) is 3. The zero-order valence-electron chi connectivity index (χ0n) is 14.8. The van der Waals surface area contributed by atoms with Gasteiger partial charge in [0, 0.05) is 5.02 Å². The summed E-state index contributed by atoms with van der Waals surface area (Å²) in [5, 5.41) is 3.30. The first-order chi connectivity index (χ1) is 12.9. The van der Waals surface area contributed by atoms with E-state index in [1.807, 2.05) is 6.92 Å². The molecule has 0 aromatic heterocycles. The summed E-state index contributed by atoms with van der Waals surface area (Å²) in [6.45, 7) is 3.57. The average Bonchev–Trinajstić information content (AvgIpc) is 2.64. The van der Waals surface area contributed by atoms with Crippen molar-refractivity contribution < 1.29 is 23.8 Å². The van der Waals surface area contributed by atoms with Crippen molar-refractivity contribution in [1.29, 1.82) is 0 Å². The van der Waals surface area contributed by atoms with Crippen LogP contribution in [0.25, 0.3) is 0 Å². The number of hydrogen-bond acceptors (Lipinski definition) is 5.